The summed E-state index contributed by atoms with van der Waals surface area (Å²) in [5, 5.41) is 9.89. The fourth-order valence-electron chi connectivity index (χ4n) is 2.09. The molecule has 23 heavy (non-hydrogen) atoms. The number of hydrogen-bond donors (Lipinski definition) is 1. The van der Waals surface area contributed by atoms with Crippen molar-refractivity contribution in [1.29, 1.82) is 0 Å². The van der Waals surface area contributed by atoms with Gasteiger partial charge in [-0.15, -0.1) is 0 Å². The van der Waals surface area contributed by atoms with Gasteiger partial charge in [0.05, 0.1) is 19.1 Å². The Morgan fingerprint density at radius 2 is 1.65 bits per heavy atom. The van der Waals surface area contributed by atoms with Gasteiger partial charge in [-0.05, 0) is 55.3 Å². The van der Waals surface area contributed by atoms with Crippen molar-refractivity contribution < 1.29 is 19.4 Å². The summed E-state index contributed by atoms with van der Waals surface area (Å²) in [4.78, 5) is 11.3. The van der Waals surface area contributed by atoms with E-state index in [0.717, 1.165) is 21.5 Å². The van der Waals surface area contributed by atoms with Crippen LogP contribution in [0.15, 0.2) is 53.0 Å². The van der Waals surface area contributed by atoms with Crippen LogP contribution in [-0.2, 0) is 16.0 Å². The Hall–Kier alpha value is -1.85. The van der Waals surface area contributed by atoms with E-state index in [1.165, 1.54) is 0 Å². The van der Waals surface area contributed by atoms with Crippen molar-refractivity contribution in [2.45, 2.75) is 25.9 Å². The normalized spacial score (nSPS) is 11.8. The van der Waals surface area contributed by atoms with Crippen LogP contribution in [0.1, 0.15) is 18.9 Å². The number of carbonyl (C=O) groups is 1. The summed E-state index contributed by atoms with van der Waals surface area (Å²) >= 11 is 3.38. The lowest BCUT2D eigenvalue weighted by Crippen LogP contribution is -2.18. The van der Waals surface area contributed by atoms with Crippen LogP contribution in [0.3, 0.4) is 0 Å². The topological polar surface area (TPSA) is 55.8 Å². The molecule has 0 fully saturated rings. The lowest BCUT2D eigenvalue weighted by atomic mass is 10.1. The zero-order valence-electron chi connectivity index (χ0n) is 12.9. The first-order chi connectivity index (χ1) is 11.1. The van der Waals surface area contributed by atoms with Gasteiger partial charge >= 0.3 is 5.97 Å². The molecule has 1 atom stereocenters. The third kappa shape index (κ3) is 6.04. The van der Waals surface area contributed by atoms with Gasteiger partial charge in [-0.3, -0.25) is 4.79 Å². The van der Waals surface area contributed by atoms with Crippen LogP contribution in [0.2, 0.25) is 0 Å². The maximum Gasteiger partial charge on any atom is 0.308 e. The second-order valence-corrected chi connectivity index (χ2v) is 5.98. The van der Waals surface area contributed by atoms with Gasteiger partial charge in [0.2, 0.25) is 0 Å². The predicted octanol–water partition coefficient (Wildman–Crippen LogP) is 4.10. The Balaban J connectivity index is 1.89. The number of benzene rings is 2. The molecule has 0 heterocycles. The summed E-state index contributed by atoms with van der Waals surface area (Å²) in [6, 6.07) is 15.0. The van der Waals surface area contributed by atoms with E-state index in [1.54, 1.807) is 6.92 Å². The van der Waals surface area contributed by atoms with E-state index in [1.807, 2.05) is 48.5 Å². The molecular weight excluding hydrogens is 360 g/mol. The van der Waals surface area contributed by atoms with Crippen LogP contribution in [0, 0.1) is 0 Å². The van der Waals surface area contributed by atoms with Crippen molar-refractivity contribution >= 4 is 21.9 Å². The number of esters is 1. The molecule has 0 aliphatic rings. The Morgan fingerprint density at radius 3 is 2.22 bits per heavy atom. The molecule has 2 rings (SSSR count). The van der Waals surface area contributed by atoms with Crippen molar-refractivity contribution in [3.63, 3.8) is 0 Å². The van der Waals surface area contributed by atoms with Gasteiger partial charge < -0.3 is 14.6 Å². The summed E-state index contributed by atoms with van der Waals surface area (Å²) in [6.45, 7) is 2.07. The summed E-state index contributed by atoms with van der Waals surface area (Å²) in [6.07, 6.45) is -0.338. The average Bonchev–Trinajstić information content (AvgIpc) is 2.51. The zero-order valence-corrected chi connectivity index (χ0v) is 14.5. The van der Waals surface area contributed by atoms with E-state index >= 15 is 0 Å². The first kappa shape index (κ1) is 17.5. The van der Waals surface area contributed by atoms with Crippen LogP contribution < -0.4 is 4.74 Å². The second kappa shape index (κ2) is 8.70. The van der Waals surface area contributed by atoms with Crippen molar-refractivity contribution in [1.82, 2.24) is 0 Å². The van der Waals surface area contributed by atoms with Gasteiger partial charge in [-0.25, -0.2) is 0 Å². The number of halogens is 1. The molecule has 2 aromatic carbocycles. The van der Waals surface area contributed by atoms with E-state index in [4.69, 9.17) is 9.47 Å². The summed E-state index contributed by atoms with van der Waals surface area (Å²) < 4.78 is 11.6. The molecule has 0 aromatic heterocycles. The highest BCUT2D eigenvalue weighted by Gasteiger charge is 2.12. The van der Waals surface area contributed by atoms with Crippen LogP contribution in [0.5, 0.6) is 11.5 Å². The summed E-state index contributed by atoms with van der Waals surface area (Å²) in [5.74, 6) is 1.09. The highest BCUT2D eigenvalue weighted by Crippen LogP contribution is 2.23. The first-order valence-corrected chi connectivity index (χ1v) is 8.22. The van der Waals surface area contributed by atoms with Gasteiger partial charge in [-0.2, -0.15) is 0 Å². The molecule has 4 nitrogen and oxygen atoms in total. The zero-order chi connectivity index (χ0) is 16.7. The smallest absolute Gasteiger partial charge is 0.308 e. The number of rotatable bonds is 7. The van der Waals surface area contributed by atoms with E-state index in [2.05, 4.69) is 15.9 Å². The molecular formula is C18H19BrO4. The minimum absolute atomic E-state index is 0.00494. The Labute approximate surface area is 144 Å². The highest BCUT2D eigenvalue weighted by atomic mass is 79.9. The second-order valence-electron chi connectivity index (χ2n) is 5.07. The summed E-state index contributed by atoms with van der Waals surface area (Å²) in [5.41, 5.74) is 0.935. The molecule has 0 amide bonds. The molecule has 1 N–H and O–H groups in total. The Kier molecular flexibility index (Phi) is 6.62. The van der Waals surface area contributed by atoms with Gasteiger partial charge in [0.1, 0.15) is 11.5 Å². The SMILES string of the molecule is CCOC(=O)CC(O)Cc1ccc(Oc2ccc(Br)cc2)cc1. The van der Waals surface area contributed by atoms with Crippen molar-refractivity contribution in [2.75, 3.05) is 6.61 Å². The molecule has 0 saturated carbocycles. The third-order valence-electron chi connectivity index (χ3n) is 3.15. The van der Waals surface area contributed by atoms with Crippen LogP contribution in [0.25, 0.3) is 0 Å². The largest absolute Gasteiger partial charge is 0.466 e. The van der Waals surface area contributed by atoms with E-state index < -0.39 is 6.10 Å². The monoisotopic (exact) mass is 378 g/mol. The molecule has 0 aliphatic carbocycles. The van der Waals surface area contributed by atoms with Crippen LogP contribution >= 0.6 is 15.9 Å². The number of hydrogen-bond acceptors (Lipinski definition) is 4. The molecule has 0 saturated heterocycles. The van der Waals surface area contributed by atoms with Gasteiger partial charge in [0.25, 0.3) is 0 Å². The number of aliphatic hydroxyl groups excluding tert-OH is 1. The number of carbonyl (C=O) groups excluding carboxylic acids is 1. The maximum atomic E-state index is 11.3. The van der Waals surface area contributed by atoms with Crippen molar-refractivity contribution in [3.8, 4) is 11.5 Å². The highest BCUT2D eigenvalue weighted by molar-refractivity contribution is 9.10. The van der Waals surface area contributed by atoms with Gasteiger partial charge in [0.15, 0.2) is 0 Å². The lowest BCUT2D eigenvalue weighted by molar-refractivity contribution is -0.145. The standard InChI is InChI=1S/C18H19BrO4/c1-2-22-18(21)12-15(20)11-13-3-7-16(8-4-13)23-17-9-5-14(19)6-10-17/h3-10,15,20H,2,11-12H2,1H3. The van der Waals surface area contributed by atoms with Crippen molar-refractivity contribution in [3.05, 3.63) is 58.6 Å². The maximum absolute atomic E-state index is 11.3. The fraction of sp³-hybridized carbons (Fsp3) is 0.278. The van der Waals surface area contributed by atoms with Gasteiger partial charge in [-0.1, -0.05) is 28.1 Å². The molecule has 122 valence electrons. The van der Waals surface area contributed by atoms with E-state index in [-0.39, 0.29) is 12.4 Å². The predicted molar refractivity (Wildman–Crippen MR) is 91.6 cm³/mol. The molecule has 1 unspecified atom stereocenters. The summed E-state index contributed by atoms with van der Waals surface area (Å²) in [7, 11) is 0. The third-order valence-corrected chi connectivity index (χ3v) is 3.68. The first-order valence-electron chi connectivity index (χ1n) is 7.43. The number of ether oxygens (including phenoxy) is 2. The minimum atomic E-state index is -0.743. The van der Waals surface area contributed by atoms with Crippen molar-refractivity contribution in [2.24, 2.45) is 0 Å². The number of aliphatic hydroxyl groups is 1. The van der Waals surface area contributed by atoms with Crippen LogP contribution in [-0.4, -0.2) is 23.8 Å². The van der Waals surface area contributed by atoms with E-state index in [0.29, 0.717) is 13.0 Å². The molecule has 0 spiro atoms. The van der Waals surface area contributed by atoms with E-state index in [9.17, 15) is 9.90 Å². The molecule has 0 aliphatic heterocycles. The van der Waals surface area contributed by atoms with Gasteiger partial charge in [0, 0.05) is 4.47 Å². The molecule has 0 bridgehead atoms. The average molecular weight is 379 g/mol. The lowest BCUT2D eigenvalue weighted by Gasteiger charge is -2.11. The van der Waals surface area contributed by atoms with Crippen LogP contribution in [0.4, 0.5) is 0 Å². The molecule has 2 aromatic rings. The fourth-order valence-corrected chi connectivity index (χ4v) is 2.35. The Morgan fingerprint density at radius 1 is 1.09 bits per heavy atom. The molecule has 5 heteroatoms. The minimum Gasteiger partial charge on any atom is -0.466 e. The molecule has 0 radical (unpaired) electrons. The quantitative estimate of drug-likeness (QED) is 0.736. The Bertz CT molecular complexity index is 622.